The van der Waals surface area contributed by atoms with Crippen molar-refractivity contribution in [3.63, 3.8) is 0 Å². The maximum atomic E-state index is 13.8. The summed E-state index contributed by atoms with van der Waals surface area (Å²) in [4.78, 5) is 21.3. The summed E-state index contributed by atoms with van der Waals surface area (Å²) in [6.45, 7) is 1.48. The van der Waals surface area contributed by atoms with Gasteiger partial charge in [0.25, 0.3) is 0 Å². The van der Waals surface area contributed by atoms with Gasteiger partial charge in [0.1, 0.15) is 10.8 Å². The molecular weight excluding hydrogens is 454 g/mol. The zero-order valence-corrected chi connectivity index (χ0v) is 17.4. The van der Waals surface area contributed by atoms with Crippen molar-refractivity contribution in [3.05, 3.63) is 82.6 Å². The number of hydrogen-bond donors (Lipinski definition) is 1. The summed E-state index contributed by atoms with van der Waals surface area (Å²) in [5, 5.41) is 1.31. The van der Waals surface area contributed by atoms with Crippen LogP contribution in [-0.4, -0.2) is 22.4 Å². The fourth-order valence-electron chi connectivity index (χ4n) is 2.45. The molecule has 0 radical (unpaired) electrons. The van der Waals surface area contributed by atoms with Gasteiger partial charge in [-0.25, -0.2) is 22.5 Å². The van der Waals surface area contributed by atoms with Gasteiger partial charge in [-0.15, -0.1) is 11.8 Å². The molecule has 0 fully saturated rings. The number of rotatable bonds is 6. The molecule has 1 atom stereocenters. The van der Waals surface area contributed by atoms with E-state index in [0.717, 1.165) is 11.8 Å². The maximum absolute atomic E-state index is 13.8. The third-order valence-electron chi connectivity index (χ3n) is 4.03. The van der Waals surface area contributed by atoms with Crippen LogP contribution < -0.4 is 5.32 Å². The number of carbonyl (C=O) groups is 1. The zero-order chi connectivity index (χ0) is 22.5. The van der Waals surface area contributed by atoms with Crippen molar-refractivity contribution in [2.75, 3.05) is 5.32 Å². The molecule has 4 nitrogen and oxygen atoms in total. The van der Waals surface area contributed by atoms with E-state index in [0.29, 0.717) is 16.1 Å². The van der Waals surface area contributed by atoms with Gasteiger partial charge in [-0.2, -0.15) is 0 Å². The van der Waals surface area contributed by atoms with Crippen molar-refractivity contribution in [1.29, 1.82) is 0 Å². The fourth-order valence-corrected chi connectivity index (χ4v) is 3.56. The minimum Gasteiger partial charge on any atom is -0.320 e. The summed E-state index contributed by atoms with van der Waals surface area (Å²) in [7, 11) is 0. The number of nitrogens with one attached hydrogen (secondary N) is 1. The Kier molecular flexibility index (Phi) is 7.29. The van der Waals surface area contributed by atoms with Crippen molar-refractivity contribution >= 4 is 46.9 Å². The third-order valence-corrected chi connectivity index (χ3v) is 5.51. The lowest BCUT2D eigenvalue weighted by molar-refractivity contribution is -0.115. The summed E-state index contributed by atoms with van der Waals surface area (Å²) in [5.41, 5.74) is -0.0671. The number of thioether (sulfide) groups is 1. The number of amides is 1. The van der Waals surface area contributed by atoms with Crippen LogP contribution in [0.1, 0.15) is 12.5 Å². The quantitative estimate of drug-likeness (QED) is 0.155. The first-order valence-electron chi connectivity index (χ1n) is 8.82. The third kappa shape index (κ3) is 5.42. The predicted molar refractivity (Wildman–Crippen MR) is 113 cm³/mol. The topological polar surface area (TPSA) is 54.4 Å². The predicted octanol–water partition coefficient (Wildman–Crippen LogP) is 6.16. The van der Waals surface area contributed by atoms with Gasteiger partial charge in [-0.05, 0) is 31.2 Å². The summed E-state index contributed by atoms with van der Waals surface area (Å²) in [6, 6.07) is 10.4. The molecule has 3 aromatic rings. The second-order valence-corrected chi connectivity index (χ2v) is 7.94. The van der Waals surface area contributed by atoms with Gasteiger partial charge < -0.3 is 5.32 Å². The van der Waals surface area contributed by atoms with E-state index in [1.54, 1.807) is 42.6 Å². The number of nitrogens with zero attached hydrogens (tertiary/aromatic N) is 2. The van der Waals surface area contributed by atoms with Crippen molar-refractivity contribution < 1.29 is 22.4 Å². The Morgan fingerprint density at radius 2 is 1.81 bits per heavy atom. The Hall–Kier alpha value is -2.91. The van der Waals surface area contributed by atoms with Crippen LogP contribution >= 0.6 is 23.4 Å². The number of para-hydroxylation sites is 1. The van der Waals surface area contributed by atoms with Crippen molar-refractivity contribution in [2.24, 2.45) is 4.99 Å². The van der Waals surface area contributed by atoms with Gasteiger partial charge in [-0.1, -0.05) is 23.7 Å². The minimum absolute atomic E-state index is 0.0707. The normalized spacial score (nSPS) is 12.2. The van der Waals surface area contributed by atoms with Crippen LogP contribution in [0.4, 0.5) is 28.9 Å². The summed E-state index contributed by atoms with van der Waals surface area (Å²) < 4.78 is 54.3. The van der Waals surface area contributed by atoms with Crippen molar-refractivity contribution in [3.8, 4) is 0 Å². The van der Waals surface area contributed by atoms with E-state index in [2.05, 4.69) is 9.98 Å². The van der Waals surface area contributed by atoms with Crippen LogP contribution in [0.2, 0.25) is 5.15 Å². The lowest BCUT2D eigenvalue weighted by Crippen LogP contribution is -2.24. The molecule has 2 aromatic carbocycles. The molecule has 3 rings (SSSR count). The molecule has 1 aromatic heterocycles. The van der Waals surface area contributed by atoms with Crippen LogP contribution in [-0.2, 0) is 4.79 Å². The summed E-state index contributed by atoms with van der Waals surface area (Å²) in [5.74, 6) is -7.42. The largest absolute Gasteiger partial charge is 0.320 e. The number of anilines is 1. The lowest BCUT2D eigenvalue weighted by Gasteiger charge is -2.14. The van der Waals surface area contributed by atoms with Gasteiger partial charge in [0.15, 0.2) is 23.3 Å². The molecule has 0 saturated carbocycles. The van der Waals surface area contributed by atoms with E-state index in [4.69, 9.17) is 11.6 Å². The van der Waals surface area contributed by atoms with Crippen LogP contribution in [0.5, 0.6) is 0 Å². The van der Waals surface area contributed by atoms with Gasteiger partial charge in [0, 0.05) is 28.9 Å². The molecular formula is C21H14ClF4N3OS. The summed E-state index contributed by atoms with van der Waals surface area (Å²) in [6.07, 6.45) is 3.06. The Morgan fingerprint density at radius 1 is 1.13 bits per heavy atom. The average molecular weight is 468 g/mol. The number of carbonyl (C=O) groups excluding carboxylic acids is 1. The molecule has 0 aliphatic rings. The second kappa shape index (κ2) is 9.93. The monoisotopic (exact) mass is 467 g/mol. The molecule has 0 saturated heterocycles. The molecule has 0 bridgehead atoms. The molecule has 0 aliphatic carbocycles. The van der Waals surface area contributed by atoms with Crippen LogP contribution in [0, 0.1) is 23.3 Å². The molecule has 1 unspecified atom stereocenters. The van der Waals surface area contributed by atoms with Gasteiger partial charge >= 0.3 is 0 Å². The van der Waals surface area contributed by atoms with Crippen molar-refractivity contribution in [2.45, 2.75) is 17.1 Å². The molecule has 0 aliphatic heterocycles. The average Bonchev–Trinajstić information content (AvgIpc) is 2.75. The molecule has 1 amide bonds. The van der Waals surface area contributed by atoms with E-state index in [1.165, 1.54) is 13.1 Å². The molecule has 1 heterocycles. The highest BCUT2D eigenvalue weighted by Gasteiger charge is 2.24. The minimum atomic E-state index is -1.68. The molecule has 10 heteroatoms. The van der Waals surface area contributed by atoms with Gasteiger partial charge in [0.2, 0.25) is 5.91 Å². The first kappa shape index (κ1) is 22.8. The Bertz CT molecular complexity index is 1130. The van der Waals surface area contributed by atoms with E-state index in [9.17, 15) is 22.4 Å². The van der Waals surface area contributed by atoms with E-state index >= 15 is 0 Å². The smallest absolute Gasteiger partial charge is 0.237 e. The zero-order valence-electron chi connectivity index (χ0n) is 15.9. The second-order valence-electron chi connectivity index (χ2n) is 6.20. The van der Waals surface area contributed by atoms with E-state index in [-0.39, 0.29) is 11.2 Å². The highest BCUT2D eigenvalue weighted by molar-refractivity contribution is 8.00. The lowest BCUT2D eigenvalue weighted by atomic mass is 10.2. The first-order chi connectivity index (χ1) is 14.8. The van der Waals surface area contributed by atoms with E-state index < -0.39 is 40.1 Å². The fraction of sp³-hybridized carbons (Fsp3) is 0.0952. The van der Waals surface area contributed by atoms with E-state index in [1.807, 2.05) is 5.32 Å². The number of benzene rings is 2. The van der Waals surface area contributed by atoms with Crippen LogP contribution in [0.3, 0.4) is 0 Å². The molecule has 1 N–H and O–H groups in total. The molecule has 160 valence electrons. The van der Waals surface area contributed by atoms with Gasteiger partial charge in [-0.3, -0.25) is 9.79 Å². The standard InChI is InChI=1S/C21H14ClF4N3OS/c1-11(21(30)29-19-17(25)13(23)9-14(24)18(19)26)31-16-7-3-2-6-15(16)28-10-12-5-4-8-27-20(12)22/h2-11H,1H3,(H,29,30). The first-order valence-corrected chi connectivity index (χ1v) is 10.1. The van der Waals surface area contributed by atoms with Gasteiger partial charge in [0.05, 0.1) is 10.9 Å². The highest BCUT2D eigenvalue weighted by atomic mass is 35.5. The van der Waals surface area contributed by atoms with Crippen LogP contribution in [0.15, 0.2) is 58.5 Å². The summed E-state index contributed by atoms with van der Waals surface area (Å²) >= 11 is 7.06. The highest BCUT2D eigenvalue weighted by Crippen LogP contribution is 2.33. The maximum Gasteiger partial charge on any atom is 0.237 e. The number of halogens is 5. The number of pyridine rings is 1. The molecule has 31 heavy (non-hydrogen) atoms. The Morgan fingerprint density at radius 3 is 2.48 bits per heavy atom. The SMILES string of the molecule is CC(Sc1ccccc1N=Cc1cccnc1Cl)C(=O)Nc1c(F)c(F)cc(F)c1F. The number of aliphatic imine (C=N–C) groups is 1. The Labute approximate surface area is 184 Å². The van der Waals surface area contributed by atoms with Crippen LogP contribution in [0.25, 0.3) is 0 Å². The van der Waals surface area contributed by atoms with Crippen molar-refractivity contribution in [1.82, 2.24) is 4.98 Å². The molecule has 0 spiro atoms. The Balaban J connectivity index is 1.78. The number of hydrogen-bond acceptors (Lipinski definition) is 4. The number of aromatic nitrogens is 1.